The van der Waals surface area contributed by atoms with Gasteiger partial charge in [-0.1, -0.05) is 17.9 Å². The van der Waals surface area contributed by atoms with Crippen LogP contribution in [0.2, 0.25) is 0 Å². The summed E-state index contributed by atoms with van der Waals surface area (Å²) in [5, 5.41) is 4.53. The number of fused-ring (bicyclic) bond motifs is 1. The zero-order chi connectivity index (χ0) is 23.0. The van der Waals surface area contributed by atoms with Gasteiger partial charge in [0.15, 0.2) is 0 Å². The van der Waals surface area contributed by atoms with Crippen LogP contribution in [-0.2, 0) is 0 Å². The van der Waals surface area contributed by atoms with E-state index in [-0.39, 0.29) is 0 Å². The topological polar surface area (TPSA) is 65.9 Å². The molecule has 7 nitrogen and oxygen atoms in total. The number of hydrogen-bond donors (Lipinski definition) is 1. The zero-order valence-electron chi connectivity index (χ0n) is 20.0. The van der Waals surface area contributed by atoms with E-state index < -0.39 is 0 Å². The van der Waals surface area contributed by atoms with Gasteiger partial charge in [-0.05, 0) is 51.6 Å². The molecule has 0 spiro atoms. The highest BCUT2D eigenvalue weighted by molar-refractivity contribution is 5.92. The van der Waals surface area contributed by atoms with Crippen molar-refractivity contribution in [2.24, 2.45) is 10.9 Å². The first-order valence-electron chi connectivity index (χ1n) is 11.8. The Labute approximate surface area is 196 Å². The molecule has 0 saturated carbocycles. The van der Waals surface area contributed by atoms with Crippen molar-refractivity contribution in [1.82, 2.24) is 14.9 Å². The molecule has 2 aliphatic heterocycles. The largest absolute Gasteiger partial charge is 0.495 e. The highest BCUT2D eigenvalue weighted by Gasteiger charge is 2.18. The molecule has 1 N–H and O–H groups in total. The summed E-state index contributed by atoms with van der Waals surface area (Å²) >= 11 is 0. The monoisotopic (exact) mass is 446 g/mol. The minimum absolute atomic E-state index is 0.349. The number of dihydropyridines is 1. The van der Waals surface area contributed by atoms with E-state index in [9.17, 15) is 0 Å². The van der Waals surface area contributed by atoms with Crippen LogP contribution in [0.1, 0.15) is 31.2 Å². The molecule has 4 rings (SSSR count). The molecule has 33 heavy (non-hydrogen) atoms. The second-order valence-corrected chi connectivity index (χ2v) is 8.88. The second-order valence-electron chi connectivity index (χ2n) is 8.88. The zero-order valence-corrected chi connectivity index (χ0v) is 20.0. The van der Waals surface area contributed by atoms with Gasteiger partial charge in [-0.15, -0.1) is 0 Å². The van der Waals surface area contributed by atoms with Crippen molar-refractivity contribution in [3.05, 3.63) is 29.8 Å². The maximum atomic E-state index is 5.69. The summed E-state index contributed by atoms with van der Waals surface area (Å²) in [6.45, 7) is 4.49. The van der Waals surface area contributed by atoms with E-state index in [0.717, 1.165) is 73.1 Å². The first-order valence-corrected chi connectivity index (χ1v) is 11.8. The smallest absolute Gasteiger partial charge is 0.227 e. The molecule has 1 aromatic heterocycles. The number of ether oxygens (including phenoxy) is 1. The summed E-state index contributed by atoms with van der Waals surface area (Å²) in [7, 11) is 5.80. The van der Waals surface area contributed by atoms with Crippen molar-refractivity contribution in [1.29, 1.82) is 0 Å². The number of nitrogens with zero attached hydrogens (tertiary/aromatic N) is 5. The lowest BCUT2D eigenvalue weighted by Gasteiger charge is -2.27. The van der Waals surface area contributed by atoms with Gasteiger partial charge < -0.3 is 19.9 Å². The van der Waals surface area contributed by atoms with Crippen LogP contribution < -0.4 is 15.0 Å². The predicted octanol–water partition coefficient (Wildman–Crippen LogP) is 3.60. The van der Waals surface area contributed by atoms with Crippen LogP contribution in [-0.4, -0.2) is 75.0 Å². The number of aliphatic imine (C=N–C) groups is 1. The summed E-state index contributed by atoms with van der Waals surface area (Å²) in [5.41, 5.74) is 1.76. The molecule has 1 unspecified atom stereocenters. The minimum Gasteiger partial charge on any atom is -0.495 e. The Hall–Kier alpha value is -3.11. The molecule has 1 saturated heterocycles. The second kappa shape index (κ2) is 11.2. The number of nitrogens with one attached hydrogen (secondary N) is 1. The predicted molar refractivity (Wildman–Crippen MR) is 137 cm³/mol. The van der Waals surface area contributed by atoms with Gasteiger partial charge in [0.1, 0.15) is 11.6 Å². The van der Waals surface area contributed by atoms with Crippen molar-refractivity contribution in [2.45, 2.75) is 25.7 Å². The molecule has 3 heterocycles. The fourth-order valence-corrected chi connectivity index (χ4v) is 4.10. The fraction of sp³-hybridized carbons (Fsp3) is 0.500. The average molecular weight is 447 g/mol. The van der Waals surface area contributed by atoms with E-state index in [2.05, 4.69) is 52.1 Å². The van der Waals surface area contributed by atoms with Crippen molar-refractivity contribution in [2.75, 3.05) is 64.1 Å². The van der Waals surface area contributed by atoms with Crippen LogP contribution in [0.3, 0.4) is 0 Å². The molecule has 1 aromatic carbocycles. The van der Waals surface area contributed by atoms with Crippen LogP contribution in [0.5, 0.6) is 5.75 Å². The Kier molecular flexibility index (Phi) is 7.79. The van der Waals surface area contributed by atoms with Crippen molar-refractivity contribution in [3.8, 4) is 17.6 Å². The number of piperidine rings is 1. The van der Waals surface area contributed by atoms with E-state index in [4.69, 9.17) is 14.7 Å². The number of benzene rings is 1. The number of methoxy groups -OCH3 is 1. The van der Waals surface area contributed by atoms with Gasteiger partial charge in [0, 0.05) is 56.7 Å². The SMILES string of the molecule is COc1cc2c(NCC3C=CC=NC3)nc(N3CCCCC3)nc2cc1C#CCCN(C)C. The molecule has 0 amide bonds. The molecule has 174 valence electrons. The van der Waals surface area contributed by atoms with Gasteiger partial charge in [-0.3, -0.25) is 4.99 Å². The first kappa shape index (κ1) is 23.1. The molecular formula is C26H34N6O. The number of anilines is 2. The normalized spacial score (nSPS) is 17.8. The molecule has 2 aromatic rings. The Bertz CT molecular complexity index is 1080. The van der Waals surface area contributed by atoms with E-state index >= 15 is 0 Å². The third-order valence-electron chi connectivity index (χ3n) is 6.00. The van der Waals surface area contributed by atoms with Crippen LogP contribution in [0.15, 0.2) is 29.3 Å². The quantitative estimate of drug-likeness (QED) is 0.656. The van der Waals surface area contributed by atoms with Gasteiger partial charge in [0.2, 0.25) is 5.95 Å². The van der Waals surface area contributed by atoms with Crippen molar-refractivity contribution < 1.29 is 4.74 Å². The number of hydrogen-bond acceptors (Lipinski definition) is 7. The van der Waals surface area contributed by atoms with E-state index in [1.165, 1.54) is 19.3 Å². The molecular weight excluding hydrogens is 412 g/mol. The van der Waals surface area contributed by atoms with Gasteiger partial charge in [-0.25, -0.2) is 4.98 Å². The minimum atomic E-state index is 0.349. The Morgan fingerprint density at radius 1 is 1.18 bits per heavy atom. The molecule has 0 aliphatic carbocycles. The van der Waals surface area contributed by atoms with E-state index in [1.807, 2.05) is 24.4 Å². The Balaban J connectivity index is 1.69. The van der Waals surface area contributed by atoms with E-state index in [0.29, 0.717) is 5.92 Å². The average Bonchev–Trinajstić information content (AvgIpc) is 2.85. The first-order chi connectivity index (χ1) is 16.1. The van der Waals surface area contributed by atoms with Crippen LogP contribution in [0.25, 0.3) is 10.9 Å². The Morgan fingerprint density at radius 2 is 2.03 bits per heavy atom. The molecule has 2 aliphatic rings. The summed E-state index contributed by atoms with van der Waals surface area (Å²) in [5.74, 6) is 9.29. The van der Waals surface area contributed by atoms with Crippen LogP contribution in [0, 0.1) is 17.8 Å². The Morgan fingerprint density at radius 3 is 2.76 bits per heavy atom. The highest BCUT2D eigenvalue weighted by atomic mass is 16.5. The number of rotatable bonds is 7. The number of aromatic nitrogens is 2. The summed E-state index contributed by atoms with van der Waals surface area (Å²) < 4.78 is 5.69. The molecule has 7 heteroatoms. The summed E-state index contributed by atoms with van der Waals surface area (Å²) in [4.78, 5) is 18.7. The fourth-order valence-electron chi connectivity index (χ4n) is 4.10. The third kappa shape index (κ3) is 6.02. The van der Waals surface area contributed by atoms with Crippen molar-refractivity contribution in [3.63, 3.8) is 0 Å². The van der Waals surface area contributed by atoms with Crippen molar-refractivity contribution >= 4 is 28.9 Å². The van der Waals surface area contributed by atoms with Crippen LogP contribution in [0.4, 0.5) is 11.8 Å². The van der Waals surface area contributed by atoms with Gasteiger partial charge >= 0.3 is 0 Å². The maximum absolute atomic E-state index is 5.69. The highest BCUT2D eigenvalue weighted by Crippen LogP contribution is 2.31. The lowest BCUT2D eigenvalue weighted by atomic mass is 10.1. The van der Waals surface area contributed by atoms with Gasteiger partial charge in [-0.2, -0.15) is 4.98 Å². The molecule has 1 fully saturated rings. The third-order valence-corrected chi connectivity index (χ3v) is 6.00. The standard InChI is InChI=1S/C26H34N6O/c1-31(2)13-8-5-11-21-16-23-22(17-24(21)33-3)25(28-19-20-10-9-12-27-18-20)30-26(29-23)32-14-6-4-7-15-32/h9-10,12,16-17,20H,4,6-8,13-15,18-19H2,1-3H3,(H,28,29,30). The molecule has 1 atom stereocenters. The lowest BCUT2D eigenvalue weighted by Crippen LogP contribution is -2.31. The van der Waals surface area contributed by atoms with E-state index in [1.54, 1.807) is 7.11 Å². The number of allylic oxidation sites excluding steroid dienone is 1. The summed E-state index contributed by atoms with van der Waals surface area (Å²) in [6.07, 6.45) is 10.5. The van der Waals surface area contributed by atoms with Gasteiger partial charge in [0.25, 0.3) is 0 Å². The van der Waals surface area contributed by atoms with Crippen LogP contribution >= 0.6 is 0 Å². The molecule has 0 bridgehead atoms. The maximum Gasteiger partial charge on any atom is 0.227 e. The van der Waals surface area contributed by atoms with Gasteiger partial charge in [0.05, 0.1) is 18.2 Å². The lowest BCUT2D eigenvalue weighted by molar-refractivity contribution is 0.414. The molecule has 0 radical (unpaired) electrons. The summed E-state index contributed by atoms with van der Waals surface area (Å²) in [6, 6.07) is 4.06.